The van der Waals surface area contributed by atoms with E-state index in [0.717, 1.165) is 22.9 Å². The molecule has 0 heterocycles. The summed E-state index contributed by atoms with van der Waals surface area (Å²) in [6.45, 7) is 0. The Balaban J connectivity index is 2.01. The summed E-state index contributed by atoms with van der Waals surface area (Å²) >= 11 is 3.32. The molecule has 0 atom stereocenters. The molecule has 0 saturated heterocycles. The van der Waals surface area contributed by atoms with Gasteiger partial charge in [0.05, 0.1) is 25.0 Å². The Labute approximate surface area is 127 Å². The number of rotatable bonds is 6. The number of carbonyl (C=O) groups excluding carboxylic acids is 1. The van der Waals surface area contributed by atoms with E-state index in [9.17, 15) is 13.2 Å². The SMILES string of the molecule is COC(=O)CC1(CS(=O)(=O)Cc2ccc(Br)cc2)CC1. The van der Waals surface area contributed by atoms with Crippen molar-refractivity contribution in [2.24, 2.45) is 5.41 Å². The standard InChI is InChI=1S/C14H17BrO4S/c1-19-13(16)8-14(6-7-14)10-20(17,18)9-11-2-4-12(15)5-3-11/h2-5H,6-10H2,1H3. The number of halogens is 1. The summed E-state index contributed by atoms with van der Waals surface area (Å²) in [5.41, 5.74) is 0.378. The first-order valence-electron chi connectivity index (χ1n) is 6.36. The fourth-order valence-electron chi connectivity index (χ4n) is 2.28. The lowest BCUT2D eigenvalue weighted by atomic mass is 10.1. The Kier molecular flexibility index (Phi) is 4.54. The molecule has 0 radical (unpaired) electrons. The molecule has 1 aromatic rings. The van der Waals surface area contributed by atoms with Gasteiger partial charge in [-0.25, -0.2) is 8.42 Å². The molecular formula is C14H17BrO4S. The van der Waals surface area contributed by atoms with Crippen LogP contribution in [0.5, 0.6) is 0 Å². The van der Waals surface area contributed by atoms with Gasteiger partial charge in [-0.3, -0.25) is 4.79 Å². The van der Waals surface area contributed by atoms with Gasteiger partial charge in [-0.05, 0) is 36.0 Å². The van der Waals surface area contributed by atoms with Crippen LogP contribution in [0.3, 0.4) is 0 Å². The van der Waals surface area contributed by atoms with E-state index in [0.29, 0.717) is 0 Å². The molecule has 0 bridgehead atoms. The minimum atomic E-state index is -3.22. The maximum Gasteiger partial charge on any atom is 0.306 e. The quantitative estimate of drug-likeness (QED) is 0.731. The molecule has 0 spiro atoms. The highest BCUT2D eigenvalue weighted by molar-refractivity contribution is 9.10. The van der Waals surface area contributed by atoms with Crippen LogP contribution in [-0.2, 0) is 25.1 Å². The molecule has 1 aliphatic carbocycles. The first kappa shape index (κ1) is 15.5. The molecule has 0 N–H and O–H groups in total. The lowest BCUT2D eigenvalue weighted by Crippen LogP contribution is -2.22. The average molecular weight is 361 g/mol. The van der Waals surface area contributed by atoms with Crippen molar-refractivity contribution < 1.29 is 17.9 Å². The van der Waals surface area contributed by atoms with E-state index in [1.807, 2.05) is 12.1 Å². The number of hydrogen-bond acceptors (Lipinski definition) is 4. The van der Waals surface area contributed by atoms with Crippen molar-refractivity contribution in [3.8, 4) is 0 Å². The van der Waals surface area contributed by atoms with Gasteiger partial charge in [0.15, 0.2) is 9.84 Å². The Bertz CT molecular complexity index is 588. The van der Waals surface area contributed by atoms with Gasteiger partial charge in [0.1, 0.15) is 0 Å². The number of ether oxygens (including phenoxy) is 1. The number of esters is 1. The second-order valence-corrected chi connectivity index (χ2v) is 8.39. The molecule has 1 saturated carbocycles. The number of methoxy groups -OCH3 is 1. The predicted molar refractivity (Wildman–Crippen MR) is 79.9 cm³/mol. The van der Waals surface area contributed by atoms with Crippen molar-refractivity contribution in [2.75, 3.05) is 12.9 Å². The summed E-state index contributed by atoms with van der Waals surface area (Å²) in [6.07, 6.45) is 1.76. The van der Waals surface area contributed by atoms with Gasteiger partial charge < -0.3 is 4.74 Å². The number of sulfone groups is 1. The molecule has 0 aliphatic heterocycles. The van der Waals surface area contributed by atoms with Gasteiger partial charge in [0, 0.05) is 4.47 Å². The topological polar surface area (TPSA) is 60.4 Å². The molecule has 0 unspecified atom stereocenters. The van der Waals surface area contributed by atoms with Crippen molar-refractivity contribution in [1.82, 2.24) is 0 Å². The maximum atomic E-state index is 12.2. The maximum absolute atomic E-state index is 12.2. The third-order valence-corrected chi connectivity index (χ3v) is 5.88. The van der Waals surface area contributed by atoms with Crippen LogP contribution in [-0.4, -0.2) is 27.2 Å². The molecule has 0 aromatic heterocycles. The van der Waals surface area contributed by atoms with Crippen molar-refractivity contribution in [3.63, 3.8) is 0 Å². The highest BCUT2D eigenvalue weighted by Crippen LogP contribution is 2.50. The lowest BCUT2D eigenvalue weighted by molar-refractivity contribution is -0.141. The number of hydrogen-bond donors (Lipinski definition) is 0. The molecule has 110 valence electrons. The second kappa shape index (κ2) is 5.85. The van der Waals surface area contributed by atoms with Gasteiger partial charge in [-0.1, -0.05) is 28.1 Å². The minimum Gasteiger partial charge on any atom is -0.469 e. The van der Waals surface area contributed by atoms with Crippen LogP contribution in [0.2, 0.25) is 0 Å². The Morgan fingerprint density at radius 2 is 1.90 bits per heavy atom. The van der Waals surface area contributed by atoms with E-state index in [1.165, 1.54) is 7.11 Å². The van der Waals surface area contributed by atoms with Crippen LogP contribution in [0.15, 0.2) is 28.7 Å². The van der Waals surface area contributed by atoms with Crippen molar-refractivity contribution in [1.29, 1.82) is 0 Å². The Hall–Kier alpha value is -0.880. The Morgan fingerprint density at radius 1 is 1.30 bits per heavy atom. The molecule has 1 aromatic carbocycles. The molecule has 1 aliphatic rings. The van der Waals surface area contributed by atoms with Gasteiger partial charge in [0.25, 0.3) is 0 Å². The molecule has 20 heavy (non-hydrogen) atoms. The lowest BCUT2D eigenvalue weighted by Gasteiger charge is -2.14. The smallest absolute Gasteiger partial charge is 0.306 e. The minimum absolute atomic E-state index is 0.0171. The van der Waals surface area contributed by atoms with Crippen molar-refractivity contribution in [3.05, 3.63) is 34.3 Å². The van der Waals surface area contributed by atoms with E-state index in [2.05, 4.69) is 20.7 Å². The van der Waals surface area contributed by atoms with Crippen LogP contribution in [0.1, 0.15) is 24.8 Å². The fraction of sp³-hybridized carbons (Fsp3) is 0.500. The highest BCUT2D eigenvalue weighted by Gasteiger charge is 2.47. The average Bonchev–Trinajstić information content (AvgIpc) is 3.10. The first-order chi connectivity index (χ1) is 9.34. The van der Waals surface area contributed by atoms with Crippen LogP contribution in [0.25, 0.3) is 0 Å². The normalized spacial score (nSPS) is 16.7. The van der Waals surface area contributed by atoms with Crippen molar-refractivity contribution >= 4 is 31.7 Å². The largest absolute Gasteiger partial charge is 0.469 e. The summed E-state index contributed by atoms with van der Waals surface area (Å²) in [7, 11) is -1.89. The molecule has 6 heteroatoms. The van der Waals surface area contributed by atoms with Crippen molar-refractivity contribution in [2.45, 2.75) is 25.0 Å². The highest BCUT2D eigenvalue weighted by atomic mass is 79.9. The third-order valence-electron chi connectivity index (χ3n) is 3.53. The van der Waals surface area contributed by atoms with E-state index >= 15 is 0 Å². The summed E-state index contributed by atoms with van der Waals surface area (Å²) in [5, 5.41) is 0. The number of carbonyl (C=O) groups is 1. The molecule has 1 fully saturated rings. The first-order valence-corrected chi connectivity index (χ1v) is 8.97. The van der Waals surface area contributed by atoms with Gasteiger partial charge in [-0.15, -0.1) is 0 Å². The summed E-state index contributed by atoms with van der Waals surface area (Å²) in [6, 6.07) is 7.24. The van der Waals surface area contributed by atoms with Crippen LogP contribution < -0.4 is 0 Å². The molecular weight excluding hydrogens is 344 g/mol. The predicted octanol–water partition coefficient (Wildman–Crippen LogP) is 2.71. The Morgan fingerprint density at radius 3 is 2.40 bits per heavy atom. The molecule has 0 amide bonds. The summed E-state index contributed by atoms with van der Waals surface area (Å²) in [5.74, 6) is -0.254. The fourth-order valence-corrected chi connectivity index (χ4v) is 4.67. The van der Waals surface area contributed by atoms with Gasteiger partial charge >= 0.3 is 5.97 Å². The second-order valence-electron chi connectivity index (χ2n) is 5.41. The van der Waals surface area contributed by atoms with Gasteiger partial charge in [-0.2, -0.15) is 0 Å². The van der Waals surface area contributed by atoms with E-state index in [-0.39, 0.29) is 29.3 Å². The van der Waals surface area contributed by atoms with Gasteiger partial charge in [0.2, 0.25) is 0 Å². The van der Waals surface area contributed by atoms with Crippen LogP contribution >= 0.6 is 15.9 Å². The monoisotopic (exact) mass is 360 g/mol. The zero-order chi connectivity index (χ0) is 14.8. The third kappa shape index (κ3) is 4.31. The zero-order valence-corrected chi connectivity index (χ0v) is 13.7. The van der Waals surface area contributed by atoms with Crippen LogP contribution in [0, 0.1) is 5.41 Å². The number of benzene rings is 1. The zero-order valence-electron chi connectivity index (χ0n) is 11.3. The van der Waals surface area contributed by atoms with E-state index in [1.54, 1.807) is 12.1 Å². The molecule has 4 nitrogen and oxygen atoms in total. The summed E-state index contributed by atoms with van der Waals surface area (Å²) < 4.78 is 30.0. The van der Waals surface area contributed by atoms with E-state index < -0.39 is 9.84 Å². The summed E-state index contributed by atoms with van der Waals surface area (Å²) in [4.78, 5) is 11.3. The van der Waals surface area contributed by atoms with Crippen LogP contribution in [0.4, 0.5) is 0 Å². The van der Waals surface area contributed by atoms with E-state index in [4.69, 9.17) is 0 Å². The molecule has 2 rings (SSSR count).